The largest absolute Gasteiger partial charge is 0.482 e. The molecule has 0 spiro atoms. The highest BCUT2D eigenvalue weighted by atomic mass is 16.5. The van der Waals surface area contributed by atoms with E-state index in [0.717, 1.165) is 24.5 Å². The average Bonchev–Trinajstić information content (AvgIpc) is 3.18. The normalized spacial score (nSPS) is 18.9. The van der Waals surface area contributed by atoms with Gasteiger partial charge in [0.1, 0.15) is 5.75 Å². The van der Waals surface area contributed by atoms with Gasteiger partial charge < -0.3 is 15.4 Å². The molecule has 0 atom stereocenters. The minimum atomic E-state index is -0.0810. The number of nitrogens with one attached hydrogen (secondary N) is 2. The molecule has 0 saturated heterocycles. The predicted octanol–water partition coefficient (Wildman–Crippen LogP) is 2.69. The number of rotatable bonds is 6. The van der Waals surface area contributed by atoms with E-state index < -0.39 is 0 Å². The van der Waals surface area contributed by atoms with E-state index in [4.69, 9.17) is 4.74 Å². The number of carbonyl (C=O) groups is 1. The lowest BCUT2D eigenvalue weighted by molar-refractivity contribution is -0.118. The molecule has 1 aliphatic heterocycles. The van der Waals surface area contributed by atoms with Gasteiger partial charge in [0.2, 0.25) is 0 Å². The van der Waals surface area contributed by atoms with Crippen LogP contribution in [-0.4, -0.2) is 19.1 Å². The maximum Gasteiger partial charge on any atom is 0.262 e. The van der Waals surface area contributed by atoms with Crippen molar-refractivity contribution in [3.05, 3.63) is 23.8 Å². The fourth-order valence-electron chi connectivity index (χ4n) is 2.93. The lowest BCUT2D eigenvalue weighted by Crippen LogP contribution is -2.26. The van der Waals surface area contributed by atoms with E-state index in [0.29, 0.717) is 5.41 Å². The van der Waals surface area contributed by atoms with Gasteiger partial charge in [-0.15, -0.1) is 0 Å². The van der Waals surface area contributed by atoms with Crippen LogP contribution in [0.3, 0.4) is 0 Å². The Labute approximate surface area is 119 Å². The van der Waals surface area contributed by atoms with Gasteiger partial charge >= 0.3 is 0 Å². The molecule has 0 radical (unpaired) electrons. The van der Waals surface area contributed by atoms with Gasteiger partial charge in [0, 0.05) is 13.1 Å². The molecule has 3 rings (SSSR count). The summed E-state index contributed by atoms with van der Waals surface area (Å²) in [5.41, 5.74) is 2.54. The SMILES string of the molecule is CCCC1(CNCc2ccc3c(c2)NC(=O)CO3)CC1. The number of carbonyl (C=O) groups excluding carboxylic acids is 1. The van der Waals surface area contributed by atoms with Crippen molar-refractivity contribution in [2.24, 2.45) is 5.41 Å². The predicted molar refractivity (Wildman–Crippen MR) is 78.8 cm³/mol. The smallest absolute Gasteiger partial charge is 0.262 e. The van der Waals surface area contributed by atoms with Gasteiger partial charge in [0.05, 0.1) is 5.69 Å². The minimum absolute atomic E-state index is 0.0810. The molecule has 2 aliphatic rings. The maximum absolute atomic E-state index is 11.3. The molecule has 1 aromatic carbocycles. The van der Waals surface area contributed by atoms with E-state index in [1.54, 1.807) is 0 Å². The van der Waals surface area contributed by atoms with Gasteiger partial charge in [-0.1, -0.05) is 19.4 Å². The van der Waals surface area contributed by atoms with Crippen LogP contribution in [0.4, 0.5) is 5.69 Å². The maximum atomic E-state index is 11.3. The van der Waals surface area contributed by atoms with Crippen LogP contribution < -0.4 is 15.4 Å². The van der Waals surface area contributed by atoms with Gasteiger partial charge in [-0.05, 0) is 42.4 Å². The molecule has 1 heterocycles. The van der Waals surface area contributed by atoms with Crippen LogP contribution in [0.15, 0.2) is 18.2 Å². The molecule has 4 heteroatoms. The Balaban J connectivity index is 1.56. The Hall–Kier alpha value is -1.55. The number of benzene rings is 1. The van der Waals surface area contributed by atoms with E-state index in [1.165, 1.54) is 31.2 Å². The van der Waals surface area contributed by atoms with Crippen molar-refractivity contribution < 1.29 is 9.53 Å². The Kier molecular flexibility index (Phi) is 3.66. The van der Waals surface area contributed by atoms with E-state index in [-0.39, 0.29) is 12.5 Å². The Bertz CT molecular complexity index is 509. The van der Waals surface area contributed by atoms with E-state index >= 15 is 0 Å². The summed E-state index contributed by atoms with van der Waals surface area (Å²) in [6.07, 6.45) is 5.32. The molecular weight excluding hydrogens is 252 g/mol. The van der Waals surface area contributed by atoms with E-state index in [9.17, 15) is 4.79 Å². The minimum Gasteiger partial charge on any atom is -0.482 e. The third-order valence-corrected chi connectivity index (χ3v) is 4.24. The van der Waals surface area contributed by atoms with Gasteiger partial charge in [-0.2, -0.15) is 0 Å². The second-order valence-corrected chi connectivity index (χ2v) is 6.02. The van der Waals surface area contributed by atoms with Crippen molar-refractivity contribution >= 4 is 11.6 Å². The van der Waals surface area contributed by atoms with Crippen molar-refractivity contribution in [1.29, 1.82) is 0 Å². The van der Waals surface area contributed by atoms with Crippen molar-refractivity contribution in [2.45, 2.75) is 39.2 Å². The molecule has 2 N–H and O–H groups in total. The summed E-state index contributed by atoms with van der Waals surface area (Å²) >= 11 is 0. The Morgan fingerprint density at radius 1 is 1.40 bits per heavy atom. The zero-order chi connectivity index (χ0) is 14.0. The van der Waals surface area contributed by atoms with Crippen LogP contribution in [0, 0.1) is 5.41 Å². The van der Waals surface area contributed by atoms with Crippen LogP contribution in [0.5, 0.6) is 5.75 Å². The summed E-state index contributed by atoms with van der Waals surface area (Å²) in [5.74, 6) is 0.681. The number of hydrogen-bond donors (Lipinski definition) is 2. The van der Waals surface area contributed by atoms with E-state index in [1.807, 2.05) is 12.1 Å². The summed E-state index contributed by atoms with van der Waals surface area (Å²) in [7, 11) is 0. The van der Waals surface area contributed by atoms with Gasteiger partial charge in [0.15, 0.2) is 6.61 Å². The fourth-order valence-corrected chi connectivity index (χ4v) is 2.93. The van der Waals surface area contributed by atoms with Gasteiger partial charge in [0.25, 0.3) is 5.91 Å². The first kappa shape index (κ1) is 13.4. The van der Waals surface area contributed by atoms with E-state index in [2.05, 4.69) is 23.6 Å². The number of anilines is 1. The number of hydrogen-bond acceptors (Lipinski definition) is 3. The topological polar surface area (TPSA) is 50.4 Å². The highest BCUT2D eigenvalue weighted by Gasteiger charge is 2.40. The highest BCUT2D eigenvalue weighted by molar-refractivity contribution is 5.95. The van der Waals surface area contributed by atoms with Crippen molar-refractivity contribution in [3.8, 4) is 5.75 Å². The first-order valence-electron chi connectivity index (χ1n) is 7.47. The van der Waals surface area contributed by atoms with Crippen molar-refractivity contribution in [2.75, 3.05) is 18.5 Å². The van der Waals surface area contributed by atoms with Crippen LogP contribution in [0.2, 0.25) is 0 Å². The average molecular weight is 274 g/mol. The molecule has 1 fully saturated rings. The fraction of sp³-hybridized carbons (Fsp3) is 0.562. The molecule has 0 unspecified atom stereocenters. The highest BCUT2D eigenvalue weighted by Crippen LogP contribution is 2.48. The van der Waals surface area contributed by atoms with Crippen molar-refractivity contribution in [1.82, 2.24) is 5.32 Å². The standard InChI is InChI=1S/C16H22N2O2/c1-2-5-16(6-7-16)11-17-9-12-3-4-14-13(8-12)18-15(19)10-20-14/h3-4,8,17H,2,5-7,9-11H2,1H3,(H,18,19). The van der Waals surface area contributed by atoms with Crippen LogP contribution in [0.25, 0.3) is 0 Å². The third kappa shape index (κ3) is 2.96. The first-order chi connectivity index (χ1) is 9.71. The zero-order valence-electron chi connectivity index (χ0n) is 12.0. The molecule has 1 saturated carbocycles. The summed E-state index contributed by atoms with van der Waals surface area (Å²) in [4.78, 5) is 11.3. The molecule has 1 aliphatic carbocycles. The molecule has 108 valence electrons. The molecule has 1 aromatic rings. The molecule has 4 nitrogen and oxygen atoms in total. The summed E-state index contributed by atoms with van der Waals surface area (Å²) in [6.45, 7) is 4.31. The van der Waals surface area contributed by atoms with Crippen LogP contribution in [0.1, 0.15) is 38.2 Å². The summed E-state index contributed by atoms with van der Waals surface area (Å²) < 4.78 is 5.36. The van der Waals surface area contributed by atoms with Gasteiger partial charge in [-0.3, -0.25) is 4.79 Å². The molecular formula is C16H22N2O2. The van der Waals surface area contributed by atoms with Gasteiger partial charge in [-0.25, -0.2) is 0 Å². The molecule has 1 amide bonds. The zero-order valence-corrected chi connectivity index (χ0v) is 12.0. The van der Waals surface area contributed by atoms with Crippen LogP contribution in [-0.2, 0) is 11.3 Å². The molecule has 20 heavy (non-hydrogen) atoms. The summed E-state index contributed by atoms with van der Waals surface area (Å²) in [5, 5.41) is 6.40. The molecule has 0 aromatic heterocycles. The second-order valence-electron chi connectivity index (χ2n) is 6.02. The van der Waals surface area contributed by atoms with Crippen LogP contribution >= 0.6 is 0 Å². The molecule has 0 bridgehead atoms. The second kappa shape index (κ2) is 5.44. The number of ether oxygens (including phenoxy) is 1. The Morgan fingerprint density at radius 2 is 2.25 bits per heavy atom. The first-order valence-corrected chi connectivity index (χ1v) is 7.47. The monoisotopic (exact) mass is 274 g/mol. The number of fused-ring (bicyclic) bond motifs is 1. The quantitative estimate of drug-likeness (QED) is 0.838. The third-order valence-electron chi connectivity index (χ3n) is 4.24. The lowest BCUT2D eigenvalue weighted by atomic mass is 10.0. The van der Waals surface area contributed by atoms with Crippen molar-refractivity contribution in [3.63, 3.8) is 0 Å². The lowest BCUT2D eigenvalue weighted by Gasteiger charge is -2.19. The summed E-state index contributed by atoms with van der Waals surface area (Å²) in [6, 6.07) is 5.99. The Morgan fingerprint density at radius 3 is 3.00 bits per heavy atom. The number of amides is 1.